The highest BCUT2D eigenvalue weighted by Gasteiger charge is 2.36. The first-order valence-electron chi connectivity index (χ1n) is 8.49. The van der Waals surface area contributed by atoms with Gasteiger partial charge >= 0.3 is 6.61 Å². The number of furan rings is 1. The molecule has 0 bridgehead atoms. The summed E-state index contributed by atoms with van der Waals surface area (Å²) in [6.07, 6.45) is 4.28. The van der Waals surface area contributed by atoms with Crippen LogP contribution in [0.4, 0.5) is 8.78 Å². The number of amides is 1. The zero-order valence-electron chi connectivity index (χ0n) is 14.7. The molecule has 26 heavy (non-hydrogen) atoms. The largest absolute Gasteiger partial charge is 0.461 e. The molecule has 4 nitrogen and oxygen atoms in total. The molecule has 1 heterocycles. The second-order valence-electron chi connectivity index (χ2n) is 6.61. The average molecular weight is 361 g/mol. The van der Waals surface area contributed by atoms with Gasteiger partial charge in [-0.05, 0) is 48.2 Å². The molecule has 1 saturated carbocycles. The first-order valence-corrected chi connectivity index (χ1v) is 8.49. The van der Waals surface area contributed by atoms with Crippen LogP contribution in [0.1, 0.15) is 36.3 Å². The first kappa shape index (κ1) is 18.2. The van der Waals surface area contributed by atoms with E-state index >= 15 is 0 Å². The summed E-state index contributed by atoms with van der Waals surface area (Å²) in [6, 6.07) is 10.1. The van der Waals surface area contributed by atoms with Crippen LogP contribution in [0.3, 0.4) is 0 Å². The van der Waals surface area contributed by atoms with Crippen LogP contribution < -0.4 is 4.74 Å². The van der Waals surface area contributed by atoms with E-state index in [-0.39, 0.29) is 11.7 Å². The lowest BCUT2D eigenvalue weighted by Crippen LogP contribution is -2.24. The van der Waals surface area contributed by atoms with E-state index in [0.717, 1.165) is 17.7 Å². The Morgan fingerprint density at radius 1 is 1.31 bits per heavy atom. The van der Waals surface area contributed by atoms with Gasteiger partial charge in [0.2, 0.25) is 5.91 Å². The molecule has 0 aliphatic heterocycles. The molecule has 1 amide bonds. The van der Waals surface area contributed by atoms with Crippen molar-refractivity contribution in [2.24, 2.45) is 5.92 Å². The molecule has 0 spiro atoms. The summed E-state index contributed by atoms with van der Waals surface area (Å²) in [5.74, 6) is 2.74. The van der Waals surface area contributed by atoms with Crippen molar-refractivity contribution in [1.29, 1.82) is 0 Å². The summed E-state index contributed by atoms with van der Waals surface area (Å²) in [7, 11) is 1.68. The Morgan fingerprint density at radius 2 is 2.00 bits per heavy atom. The maximum absolute atomic E-state index is 12.2. The van der Waals surface area contributed by atoms with Gasteiger partial charge in [0.1, 0.15) is 17.3 Å². The molecule has 0 saturated heterocycles. The predicted octanol–water partition coefficient (Wildman–Crippen LogP) is 4.68. The number of nitrogens with zero attached hydrogens (tertiary/aromatic N) is 1. The minimum atomic E-state index is -2.85. The van der Waals surface area contributed by atoms with E-state index in [4.69, 9.17) is 4.42 Å². The summed E-state index contributed by atoms with van der Waals surface area (Å²) in [5, 5.41) is 0. The fourth-order valence-corrected chi connectivity index (χ4v) is 2.78. The number of likely N-dealkylation sites (N-methyl/N-ethyl adjacent to an activating group) is 1. The number of ether oxygens (including phenoxy) is 1. The van der Waals surface area contributed by atoms with Crippen molar-refractivity contribution < 1.29 is 22.7 Å². The van der Waals surface area contributed by atoms with Crippen molar-refractivity contribution >= 4 is 12.0 Å². The van der Waals surface area contributed by atoms with Crippen LogP contribution in [0, 0.1) is 5.92 Å². The number of carbonyl (C=O) groups excluding carboxylic acids is 1. The molecular weight excluding hydrogens is 340 g/mol. The van der Waals surface area contributed by atoms with Gasteiger partial charge in [0.05, 0.1) is 0 Å². The molecule has 6 heteroatoms. The molecule has 138 valence electrons. The summed E-state index contributed by atoms with van der Waals surface area (Å²) < 4.78 is 34.3. The summed E-state index contributed by atoms with van der Waals surface area (Å²) in [6.45, 7) is -0.297. The van der Waals surface area contributed by atoms with Gasteiger partial charge in [0, 0.05) is 25.6 Å². The summed E-state index contributed by atoms with van der Waals surface area (Å²) in [4.78, 5) is 13.7. The highest BCUT2D eigenvalue weighted by molar-refractivity contribution is 5.91. The molecule has 1 aromatic carbocycles. The number of benzene rings is 1. The van der Waals surface area contributed by atoms with E-state index < -0.39 is 6.61 Å². The van der Waals surface area contributed by atoms with E-state index in [1.807, 2.05) is 12.1 Å². The molecule has 2 aromatic rings. The van der Waals surface area contributed by atoms with E-state index in [0.29, 0.717) is 24.1 Å². The second-order valence-corrected chi connectivity index (χ2v) is 6.61. The van der Waals surface area contributed by atoms with E-state index in [1.54, 1.807) is 25.3 Å². The zero-order chi connectivity index (χ0) is 18.7. The van der Waals surface area contributed by atoms with Crippen LogP contribution in [-0.4, -0.2) is 24.5 Å². The molecular formula is C20H21F2NO3. The minimum absolute atomic E-state index is 0.0937. The number of hydrogen-bond acceptors (Lipinski definition) is 3. The van der Waals surface area contributed by atoms with Gasteiger partial charge in [-0.2, -0.15) is 8.78 Å². The fraction of sp³-hybridized carbons (Fsp3) is 0.350. The Hall–Kier alpha value is -2.63. The quantitative estimate of drug-likeness (QED) is 0.673. The zero-order valence-corrected chi connectivity index (χ0v) is 14.7. The van der Waals surface area contributed by atoms with Crippen LogP contribution in [0.5, 0.6) is 5.75 Å². The number of halogens is 2. The van der Waals surface area contributed by atoms with Crippen molar-refractivity contribution in [2.75, 3.05) is 7.05 Å². The van der Waals surface area contributed by atoms with Gasteiger partial charge < -0.3 is 14.1 Å². The van der Waals surface area contributed by atoms with Crippen molar-refractivity contribution in [3.05, 3.63) is 59.6 Å². The third-order valence-corrected chi connectivity index (χ3v) is 4.46. The van der Waals surface area contributed by atoms with Gasteiger partial charge in [-0.25, -0.2) is 0 Å². The normalized spacial score (nSPS) is 19.1. The smallest absolute Gasteiger partial charge is 0.387 e. The average Bonchev–Trinajstić information content (AvgIpc) is 3.15. The van der Waals surface area contributed by atoms with Crippen molar-refractivity contribution in [1.82, 2.24) is 4.90 Å². The van der Waals surface area contributed by atoms with Crippen LogP contribution in [0.15, 0.2) is 46.9 Å². The molecule has 1 aliphatic carbocycles. The maximum Gasteiger partial charge on any atom is 0.387 e. The number of carbonyl (C=O) groups is 1. The van der Waals surface area contributed by atoms with E-state index in [2.05, 4.69) is 11.7 Å². The van der Waals surface area contributed by atoms with Gasteiger partial charge in [-0.3, -0.25) is 4.79 Å². The van der Waals surface area contributed by atoms with Gasteiger partial charge in [-0.1, -0.05) is 19.1 Å². The van der Waals surface area contributed by atoms with Gasteiger partial charge in [-0.15, -0.1) is 0 Å². The van der Waals surface area contributed by atoms with Gasteiger partial charge in [0.25, 0.3) is 0 Å². The monoisotopic (exact) mass is 361 g/mol. The standard InChI is InChI=1S/C20H21F2NO3/c1-13-11-17(13)18-9-7-15(25-18)8-10-19(24)23(2)12-14-3-5-16(6-4-14)26-20(21)22/h3-10,13,17,20H,11-12H2,1-2H3/b10-8+. The summed E-state index contributed by atoms with van der Waals surface area (Å²) in [5.41, 5.74) is 0.818. The molecule has 2 atom stereocenters. The SMILES string of the molecule is CC1CC1c1ccc(/C=C/C(=O)N(C)Cc2ccc(OC(F)F)cc2)o1. The third kappa shape index (κ3) is 4.71. The lowest BCUT2D eigenvalue weighted by atomic mass is 10.2. The highest BCUT2D eigenvalue weighted by Crippen LogP contribution is 2.47. The highest BCUT2D eigenvalue weighted by atomic mass is 19.3. The maximum atomic E-state index is 12.2. The molecule has 1 aliphatic rings. The van der Waals surface area contributed by atoms with Crippen molar-refractivity contribution in [3.63, 3.8) is 0 Å². The predicted molar refractivity (Wildman–Crippen MR) is 93.8 cm³/mol. The Kier molecular flexibility index (Phi) is 5.40. The number of alkyl halides is 2. The molecule has 1 aromatic heterocycles. The van der Waals surface area contributed by atoms with Crippen LogP contribution in [-0.2, 0) is 11.3 Å². The molecule has 0 N–H and O–H groups in total. The third-order valence-electron chi connectivity index (χ3n) is 4.46. The van der Waals surface area contributed by atoms with Crippen LogP contribution >= 0.6 is 0 Å². The topological polar surface area (TPSA) is 42.7 Å². The first-order chi connectivity index (χ1) is 12.4. The second kappa shape index (κ2) is 7.72. The van der Waals surface area contributed by atoms with Gasteiger partial charge in [0.15, 0.2) is 0 Å². The fourth-order valence-electron chi connectivity index (χ4n) is 2.78. The Bertz CT molecular complexity index is 783. The lowest BCUT2D eigenvalue weighted by Gasteiger charge is -2.15. The van der Waals surface area contributed by atoms with Crippen molar-refractivity contribution in [2.45, 2.75) is 32.4 Å². The Labute approximate surface area is 151 Å². The summed E-state index contributed by atoms with van der Waals surface area (Å²) >= 11 is 0. The molecule has 0 radical (unpaired) electrons. The number of hydrogen-bond donors (Lipinski definition) is 0. The van der Waals surface area contributed by atoms with Crippen molar-refractivity contribution in [3.8, 4) is 5.75 Å². The Morgan fingerprint density at radius 3 is 2.62 bits per heavy atom. The van der Waals surface area contributed by atoms with E-state index in [9.17, 15) is 13.6 Å². The van der Waals surface area contributed by atoms with E-state index in [1.165, 1.54) is 23.1 Å². The molecule has 1 fully saturated rings. The van der Waals surface area contributed by atoms with Crippen LogP contribution in [0.25, 0.3) is 6.08 Å². The molecule has 2 unspecified atom stereocenters. The molecule has 3 rings (SSSR count). The van der Waals surface area contributed by atoms with Crippen LogP contribution in [0.2, 0.25) is 0 Å². The lowest BCUT2D eigenvalue weighted by molar-refractivity contribution is -0.125. The minimum Gasteiger partial charge on any atom is -0.461 e. The Balaban J connectivity index is 1.53. The number of rotatable bonds is 7.